The van der Waals surface area contributed by atoms with Crippen LogP contribution in [0, 0.1) is 0 Å². The predicted octanol–water partition coefficient (Wildman–Crippen LogP) is 5.47. The molecule has 4 rings (SSSR count). The fraction of sp³-hybridized carbons (Fsp3) is 0.103. The number of nitrogens with zero attached hydrogens (tertiary/aromatic N) is 2. The number of fused-ring (bicyclic) bond motifs is 1. The molecule has 2 aromatic heterocycles. The van der Waals surface area contributed by atoms with Gasteiger partial charge in [0.15, 0.2) is 11.6 Å². The maximum Gasteiger partial charge on any atom is 0.163 e. The summed E-state index contributed by atoms with van der Waals surface area (Å²) in [4.78, 5) is 33.2. The van der Waals surface area contributed by atoms with E-state index in [1.54, 1.807) is 49.9 Å². The van der Waals surface area contributed by atoms with E-state index in [-0.39, 0.29) is 18.0 Å². The fourth-order valence-electron chi connectivity index (χ4n) is 3.49. The average Bonchev–Trinajstić information content (AvgIpc) is 2.90. The first-order chi connectivity index (χ1) is 17.1. The van der Waals surface area contributed by atoms with Crippen LogP contribution in [0.2, 0.25) is 0 Å². The van der Waals surface area contributed by atoms with Crippen LogP contribution < -0.4 is 9.47 Å². The zero-order valence-corrected chi connectivity index (χ0v) is 19.3. The van der Waals surface area contributed by atoms with Crippen molar-refractivity contribution in [1.29, 1.82) is 0 Å². The van der Waals surface area contributed by atoms with Gasteiger partial charge < -0.3 is 9.47 Å². The van der Waals surface area contributed by atoms with E-state index >= 15 is 0 Å². The maximum absolute atomic E-state index is 12.4. The SMILES string of the molecule is COc1cc(OCc2ccccn2)ccc1C=CC(=O)CC(=O)C=Cc1cccc2ncccc12. The van der Waals surface area contributed by atoms with Crippen LogP contribution >= 0.6 is 0 Å². The molecule has 2 aromatic carbocycles. The molecular formula is C29H24N2O4. The van der Waals surface area contributed by atoms with Crippen molar-refractivity contribution in [3.05, 3.63) is 108 Å². The van der Waals surface area contributed by atoms with Crippen LogP contribution in [-0.4, -0.2) is 28.6 Å². The van der Waals surface area contributed by atoms with Gasteiger partial charge in [0.1, 0.15) is 18.1 Å². The van der Waals surface area contributed by atoms with E-state index in [1.165, 1.54) is 12.2 Å². The number of benzene rings is 2. The third-order valence-corrected chi connectivity index (χ3v) is 5.24. The average molecular weight is 465 g/mol. The summed E-state index contributed by atoms with van der Waals surface area (Å²) in [5, 5.41) is 0.949. The van der Waals surface area contributed by atoms with Gasteiger partial charge in [-0.1, -0.05) is 30.3 Å². The summed E-state index contributed by atoms with van der Waals surface area (Å²) in [7, 11) is 1.55. The molecule has 2 heterocycles. The summed E-state index contributed by atoms with van der Waals surface area (Å²) >= 11 is 0. The first-order valence-corrected chi connectivity index (χ1v) is 11.1. The number of ketones is 2. The number of rotatable bonds is 10. The number of carbonyl (C=O) groups excluding carboxylic acids is 2. The van der Waals surface area contributed by atoms with Gasteiger partial charge in [-0.25, -0.2) is 0 Å². The molecule has 0 saturated heterocycles. The van der Waals surface area contributed by atoms with Crippen LogP contribution in [0.25, 0.3) is 23.1 Å². The van der Waals surface area contributed by atoms with E-state index < -0.39 is 0 Å². The Morgan fingerprint density at radius 1 is 0.829 bits per heavy atom. The minimum atomic E-state index is -0.295. The van der Waals surface area contributed by atoms with Crippen LogP contribution in [-0.2, 0) is 16.2 Å². The molecule has 0 saturated carbocycles. The lowest BCUT2D eigenvalue weighted by Crippen LogP contribution is -2.02. The first kappa shape index (κ1) is 23.6. The second-order valence-corrected chi connectivity index (χ2v) is 7.71. The molecule has 4 aromatic rings. The molecule has 0 N–H and O–H groups in total. The molecule has 0 amide bonds. The Morgan fingerprint density at radius 2 is 1.63 bits per heavy atom. The fourth-order valence-corrected chi connectivity index (χ4v) is 3.49. The van der Waals surface area contributed by atoms with E-state index in [1.807, 2.05) is 48.5 Å². The monoisotopic (exact) mass is 464 g/mol. The summed E-state index contributed by atoms with van der Waals surface area (Å²) in [6.07, 6.45) is 9.40. The number of pyridine rings is 2. The maximum atomic E-state index is 12.4. The molecular weight excluding hydrogens is 440 g/mol. The van der Waals surface area contributed by atoms with E-state index in [0.717, 1.165) is 22.2 Å². The molecule has 0 spiro atoms. The molecule has 0 aliphatic heterocycles. The van der Waals surface area contributed by atoms with Gasteiger partial charge in [0, 0.05) is 29.4 Å². The highest BCUT2D eigenvalue weighted by Gasteiger charge is 2.07. The smallest absolute Gasteiger partial charge is 0.163 e. The number of allylic oxidation sites excluding steroid dienone is 2. The van der Waals surface area contributed by atoms with Gasteiger partial charge in [0.25, 0.3) is 0 Å². The largest absolute Gasteiger partial charge is 0.496 e. The lowest BCUT2D eigenvalue weighted by Gasteiger charge is -2.09. The van der Waals surface area contributed by atoms with Crippen LogP contribution in [0.4, 0.5) is 0 Å². The molecule has 0 fully saturated rings. The Balaban J connectivity index is 1.36. The van der Waals surface area contributed by atoms with Crippen molar-refractivity contribution < 1.29 is 19.1 Å². The highest BCUT2D eigenvalue weighted by molar-refractivity contribution is 6.11. The number of carbonyl (C=O) groups is 2. The summed E-state index contributed by atoms with van der Waals surface area (Å²) in [6.45, 7) is 0.336. The summed E-state index contributed by atoms with van der Waals surface area (Å²) < 4.78 is 11.2. The number of hydrogen-bond donors (Lipinski definition) is 0. The van der Waals surface area contributed by atoms with Gasteiger partial charge >= 0.3 is 0 Å². The molecule has 6 heteroatoms. The van der Waals surface area contributed by atoms with Crippen LogP contribution in [0.1, 0.15) is 23.2 Å². The lowest BCUT2D eigenvalue weighted by molar-refractivity contribution is -0.121. The summed E-state index contributed by atoms with van der Waals surface area (Å²) in [6, 6.07) is 20.5. The van der Waals surface area contributed by atoms with Crippen molar-refractivity contribution >= 4 is 34.6 Å². The highest BCUT2D eigenvalue weighted by atomic mass is 16.5. The topological polar surface area (TPSA) is 78.4 Å². The zero-order valence-electron chi connectivity index (χ0n) is 19.3. The lowest BCUT2D eigenvalue weighted by atomic mass is 10.1. The Hall–Kier alpha value is -4.58. The van der Waals surface area contributed by atoms with E-state index in [0.29, 0.717) is 23.7 Å². The van der Waals surface area contributed by atoms with Crippen molar-refractivity contribution in [1.82, 2.24) is 9.97 Å². The first-order valence-electron chi connectivity index (χ1n) is 11.1. The van der Waals surface area contributed by atoms with Crippen molar-refractivity contribution in [2.45, 2.75) is 13.0 Å². The van der Waals surface area contributed by atoms with Gasteiger partial charge in [-0.15, -0.1) is 0 Å². The Kier molecular flexibility index (Phi) is 7.76. The van der Waals surface area contributed by atoms with Crippen LogP contribution in [0.3, 0.4) is 0 Å². The van der Waals surface area contributed by atoms with Crippen LogP contribution in [0.15, 0.2) is 91.3 Å². The van der Waals surface area contributed by atoms with Crippen molar-refractivity contribution in [3.63, 3.8) is 0 Å². The molecule has 35 heavy (non-hydrogen) atoms. The number of aromatic nitrogens is 2. The molecule has 0 radical (unpaired) electrons. The summed E-state index contributed by atoms with van der Waals surface area (Å²) in [5.41, 5.74) is 3.25. The highest BCUT2D eigenvalue weighted by Crippen LogP contribution is 2.26. The quantitative estimate of drug-likeness (QED) is 0.229. The number of ether oxygens (including phenoxy) is 2. The van der Waals surface area contributed by atoms with E-state index in [2.05, 4.69) is 9.97 Å². The molecule has 174 valence electrons. The molecule has 0 aliphatic rings. The van der Waals surface area contributed by atoms with E-state index in [4.69, 9.17) is 9.47 Å². The van der Waals surface area contributed by atoms with Crippen LogP contribution in [0.5, 0.6) is 11.5 Å². The van der Waals surface area contributed by atoms with Gasteiger partial charge in [-0.05, 0) is 60.2 Å². The van der Waals surface area contributed by atoms with Gasteiger partial charge in [0.2, 0.25) is 0 Å². The normalized spacial score (nSPS) is 11.2. The zero-order chi connectivity index (χ0) is 24.5. The van der Waals surface area contributed by atoms with Crippen molar-refractivity contribution in [2.75, 3.05) is 7.11 Å². The third kappa shape index (κ3) is 6.48. The van der Waals surface area contributed by atoms with Gasteiger partial charge in [0.05, 0.1) is 24.7 Å². The second kappa shape index (κ2) is 11.5. The van der Waals surface area contributed by atoms with Gasteiger partial charge in [-0.3, -0.25) is 19.6 Å². The Morgan fingerprint density at radius 3 is 2.40 bits per heavy atom. The molecule has 0 bridgehead atoms. The molecule has 6 nitrogen and oxygen atoms in total. The van der Waals surface area contributed by atoms with Crippen molar-refractivity contribution in [3.8, 4) is 11.5 Å². The molecule has 0 aliphatic carbocycles. The third-order valence-electron chi connectivity index (χ3n) is 5.24. The van der Waals surface area contributed by atoms with Gasteiger partial charge in [-0.2, -0.15) is 0 Å². The van der Waals surface area contributed by atoms with Crippen molar-refractivity contribution in [2.24, 2.45) is 0 Å². The minimum absolute atomic E-state index is 0.219. The Labute approximate surface area is 203 Å². The standard InChI is InChI=1S/C29H24N2O4/c1-34-29-19-26(35-20-23-7-2-3-16-30-23)15-12-22(29)11-14-25(33)18-24(32)13-10-21-6-4-9-28-27(21)8-5-17-31-28/h2-17,19H,18,20H2,1H3. The Bertz CT molecular complexity index is 1390. The number of methoxy groups -OCH3 is 1. The van der Waals surface area contributed by atoms with E-state index in [9.17, 15) is 9.59 Å². The molecule has 0 unspecified atom stereocenters. The minimum Gasteiger partial charge on any atom is -0.496 e. The number of hydrogen-bond acceptors (Lipinski definition) is 6. The molecule has 0 atom stereocenters. The predicted molar refractivity (Wildman–Crippen MR) is 136 cm³/mol. The summed E-state index contributed by atoms with van der Waals surface area (Å²) in [5.74, 6) is 0.617. The second-order valence-electron chi connectivity index (χ2n) is 7.71.